The van der Waals surface area contributed by atoms with Gasteiger partial charge in [0.1, 0.15) is 5.76 Å². The van der Waals surface area contributed by atoms with Gasteiger partial charge in [-0.2, -0.15) is 0 Å². The molecule has 21 heavy (non-hydrogen) atoms. The number of hydrogen-bond acceptors (Lipinski definition) is 4. The number of hydrogen-bond donors (Lipinski definition) is 1. The van der Waals surface area contributed by atoms with Gasteiger partial charge in [-0.05, 0) is 37.5 Å². The van der Waals surface area contributed by atoms with Gasteiger partial charge < -0.3 is 14.5 Å². The number of carboxylic acid groups (broad SMARTS) is 1. The average molecular weight is 286 g/mol. The van der Waals surface area contributed by atoms with Crippen LogP contribution in [-0.4, -0.2) is 28.7 Å². The molecule has 1 amide bonds. The molecule has 0 bridgehead atoms. The molecule has 1 N–H and O–H groups in total. The van der Waals surface area contributed by atoms with Gasteiger partial charge in [0, 0.05) is 18.3 Å². The van der Waals surface area contributed by atoms with E-state index in [4.69, 9.17) is 4.52 Å². The SMILES string of the molecule is Cc1cc(C(=O)N2CCCc3c(C(=O)O)cccc32)no1. The first kappa shape index (κ1) is 13.4. The molecule has 2 heterocycles. The van der Waals surface area contributed by atoms with Crippen molar-refractivity contribution in [3.63, 3.8) is 0 Å². The van der Waals surface area contributed by atoms with Gasteiger partial charge in [0.15, 0.2) is 5.69 Å². The molecule has 0 unspecified atom stereocenters. The van der Waals surface area contributed by atoms with Gasteiger partial charge in [-0.15, -0.1) is 0 Å². The number of rotatable bonds is 2. The number of aromatic carboxylic acids is 1. The molecular formula is C15H14N2O4. The lowest BCUT2D eigenvalue weighted by atomic mass is 9.96. The predicted molar refractivity (Wildman–Crippen MR) is 74.6 cm³/mol. The molecule has 2 aromatic rings. The van der Waals surface area contributed by atoms with Crippen molar-refractivity contribution in [1.29, 1.82) is 0 Å². The normalized spacial score (nSPS) is 13.9. The minimum absolute atomic E-state index is 0.237. The van der Waals surface area contributed by atoms with E-state index in [1.54, 1.807) is 36.1 Å². The fourth-order valence-electron chi connectivity index (χ4n) is 2.64. The third-order valence-corrected chi connectivity index (χ3v) is 3.57. The standard InChI is InChI=1S/C15H14N2O4/c1-9-8-12(16-21-9)14(18)17-7-3-5-10-11(15(19)20)4-2-6-13(10)17/h2,4,6,8H,3,5,7H2,1H3,(H,19,20). The first-order chi connectivity index (χ1) is 10.1. The molecule has 108 valence electrons. The van der Waals surface area contributed by atoms with Gasteiger partial charge in [-0.3, -0.25) is 4.79 Å². The molecule has 1 aliphatic heterocycles. The van der Waals surface area contributed by atoms with E-state index >= 15 is 0 Å². The highest BCUT2D eigenvalue weighted by Crippen LogP contribution is 2.31. The van der Waals surface area contributed by atoms with E-state index in [0.29, 0.717) is 30.0 Å². The highest BCUT2D eigenvalue weighted by molar-refractivity contribution is 6.06. The maximum absolute atomic E-state index is 12.5. The fraction of sp³-hybridized carbons (Fsp3) is 0.267. The van der Waals surface area contributed by atoms with E-state index in [0.717, 1.165) is 6.42 Å². The number of nitrogens with zero attached hydrogens (tertiary/aromatic N) is 2. The van der Waals surface area contributed by atoms with E-state index in [1.165, 1.54) is 0 Å². The zero-order valence-electron chi connectivity index (χ0n) is 11.5. The molecule has 6 nitrogen and oxygen atoms in total. The van der Waals surface area contributed by atoms with Crippen LogP contribution in [0.25, 0.3) is 0 Å². The van der Waals surface area contributed by atoms with Gasteiger partial charge in [0.2, 0.25) is 0 Å². The largest absolute Gasteiger partial charge is 0.478 e. The summed E-state index contributed by atoms with van der Waals surface area (Å²) in [7, 11) is 0. The van der Waals surface area contributed by atoms with Crippen molar-refractivity contribution in [3.8, 4) is 0 Å². The summed E-state index contributed by atoms with van der Waals surface area (Å²) in [6.07, 6.45) is 1.37. The van der Waals surface area contributed by atoms with Crippen LogP contribution in [0.1, 0.15) is 38.6 Å². The van der Waals surface area contributed by atoms with Crippen molar-refractivity contribution >= 4 is 17.6 Å². The summed E-state index contributed by atoms with van der Waals surface area (Å²) in [5.41, 5.74) is 1.83. The summed E-state index contributed by atoms with van der Waals surface area (Å²) in [5.74, 6) is -0.677. The molecule has 0 saturated heterocycles. The Morgan fingerprint density at radius 2 is 2.19 bits per heavy atom. The number of carbonyl (C=O) groups excluding carboxylic acids is 1. The molecule has 0 fully saturated rings. The number of aromatic nitrogens is 1. The smallest absolute Gasteiger partial charge is 0.336 e. The topological polar surface area (TPSA) is 83.6 Å². The highest BCUT2D eigenvalue weighted by atomic mass is 16.5. The molecule has 0 aliphatic carbocycles. The Morgan fingerprint density at radius 3 is 2.86 bits per heavy atom. The number of aryl methyl sites for hydroxylation is 1. The second-order valence-electron chi connectivity index (χ2n) is 4.99. The molecule has 1 aliphatic rings. The van der Waals surface area contributed by atoms with E-state index in [2.05, 4.69) is 5.16 Å². The Morgan fingerprint density at radius 1 is 1.38 bits per heavy atom. The second-order valence-corrected chi connectivity index (χ2v) is 4.99. The predicted octanol–water partition coefficient (Wildman–Crippen LogP) is 2.27. The Labute approximate surface area is 121 Å². The minimum Gasteiger partial charge on any atom is -0.478 e. The van der Waals surface area contributed by atoms with Crippen LogP contribution >= 0.6 is 0 Å². The van der Waals surface area contributed by atoms with E-state index in [1.807, 2.05) is 0 Å². The van der Waals surface area contributed by atoms with Crippen LogP contribution in [0.4, 0.5) is 5.69 Å². The fourth-order valence-corrected chi connectivity index (χ4v) is 2.64. The maximum Gasteiger partial charge on any atom is 0.336 e. The van der Waals surface area contributed by atoms with Crippen LogP contribution in [0.2, 0.25) is 0 Å². The highest BCUT2D eigenvalue weighted by Gasteiger charge is 2.28. The molecule has 1 aromatic heterocycles. The quantitative estimate of drug-likeness (QED) is 0.915. The molecule has 6 heteroatoms. The van der Waals surface area contributed by atoms with Gasteiger partial charge in [-0.1, -0.05) is 11.2 Å². The second kappa shape index (κ2) is 5.05. The van der Waals surface area contributed by atoms with E-state index in [9.17, 15) is 14.7 Å². The molecular weight excluding hydrogens is 272 g/mol. The zero-order valence-corrected chi connectivity index (χ0v) is 11.5. The van der Waals surface area contributed by atoms with Crippen molar-refractivity contribution in [3.05, 3.63) is 46.8 Å². The number of carbonyl (C=O) groups is 2. The van der Waals surface area contributed by atoms with Gasteiger partial charge in [0.05, 0.1) is 5.56 Å². The van der Waals surface area contributed by atoms with Crippen LogP contribution in [0.5, 0.6) is 0 Å². The monoisotopic (exact) mass is 286 g/mol. The molecule has 0 radical (unpaired) electrons. The Kier molecular flexibility index (Phi) is 3.21. The van der Waals surface area contributed by atoms with Crippen LogP contribution in [-0.2, 0) is 6.42 Å². The van der Waals surface area contributed by atoms with E-state index in [-0.39, 0.29) is 17.2 Å². The summed E-state index contributed by atoms with van der Waals surface area (Å²) >= 11 is 0. The molecule has 3 rings (SSSR count). The third kappa shape index (κ3) is 2.29. The minimum atomic E-state index is -0.974. The van der Waals surface area contributed by atoms with Crippen molar-refractivity contribution in [2.75, 3.05) is 11.4 Å². The summed E-state index contributed by atoms with van der Waals surface area (Å²) in [4.78, 5) is 25.4. The number of benzene rings is 1. The number of fused-ring (bicyclic) bond motifs is 1. The molecule has 1 aromatic carbocycles. The molecule has 0 saturated carbocycles. The first-order valence-electron chi connectivity index (χ1n) is 6.68. The van der Waals surface area contributed by atoms with Crippen LogP contribution in [0, 0.1) is 6.92 Å². The van der Waals surface area contributed by atoms with Crippen molar-refractivity contribution in [2.45, 2.75) is 19.8 Å². The third-order valence-electron chi connectivity index (χ3n) is 3.57. The summed E-state index contributed by atoms with van der Waals surface area (Å²) in [6.45, 7) is 2.26. The van der Waals surface area contributed by atoms with Crippen molar-refractivity contribution in [1.82, 2.24) is 5.16 Å². The lowest BCUT2D eigenvalue weighted by molar-refractivity contribution is 0.0695. The maximum atomic E-state index is 12.5. The van der Waals surface area contributed by atoms with Crippen LogP contribution in [0.15, 0.2) is 28.8 Å². The van der Waals surface area contributed by atoms with Crippen LogP contribution < -0.4 is 4.90 Å². The van der Waals surface area contributed by atoms with Gasteiger partial charge in [-0.25, -0.2) is 4.79 Å². The molecule has 0 atom stereocenters. The zero-order chi connectivity index (χ0) is 15.0. The van der Waals surface area contributed by atoms with Crippen molar-refractivity contribution < 1.29 is 19.2 Å². The van der Waals surface area contributed by atoms with Crippen LogP contribution in [0.3, 0.4) is 0 Å². The average Bonchev–Trinajstić information content (AvgIpc) is 2.91. The number of anilines is 1. The Balaban J connectivity index is 2.03. The first-order valence-corrected chi connectivity index (χ1v) is 6.68. The lowest BCUT2D eigenvalue weighted by Gasteiger charge is -2.29. The van der Waals surface area contributed by atoms with Crippen molar-refractivity contribution in [2.24, 2.45) is 0 Å². The van der Waals surface area contributed by atoms with Gasteiger partial charge in [0.25, 0.3) is 5.91 Å². The Hall–Kier alpha value is -2.63. The number of carboxylic acids is 1. The summed E-state index contributed by atoms with van der Waals surface area (Å²) in [5, 5.41) is 13.0. The van der Waals surface area contributed by atoms with E-state index < -0.39 is 5.97 Å². The number of amides is 1. The lowest BCUT2D eigenvalue weighted by Crippen LogP contribution is -2.36. The van der Waals surface area contributed by atoms with Gasteiger partial charge >= 0.3 is 5.97 Å². The Bertz CT molecular complexity index is 720. The summed E-state index contributed by atoms with van der Waals surface area (Å²) in [6, 6.07) is 6.57. The summed E-state index contributed by atoms with van der Waals surface area (Å²) < 4.78 is 4.93. The molecule has 0 spiro atoms.